The fourth-order valence-corrected chi connectivity index (χ4v) is 2.74. The number of rotatable bonds is 4. The number of hydrogen-bond acceptors (Lipinski definition) is 4. The average Bonchev–Trinajstić information content (AvgIpc) is 2.89. The quantitative estimate of drug-likeness (QED) is 0.716. The van der Waals surface area contributed by atoms with Gasteiger partial charge in [-0.2, -0.15) is 0 Å². The Bertz CT molecular complexity index is 183. The molecule has 0 bridgehead atoms. The summed E-state index contributed by atoms with van der Waals surface area (Å²) in [4.78, 5) is 0. The van der Waals surface area contributed by atoms with Crippen LogP contribution in [0, 0.1) is 0 Å². The SMILES string of the molecule is OC[C@@]1(C[C@]2(CO)CCCO2)CCCO1. The van der Waals surface area contributed by atoms with Crippen LogP contribution in [0.25, 0.3) is 0 Å². The van der Waals surface area contributed by atoms with Gasteiger partial charge in [0.15, 0.2) is 0 Å². The molecule has 0 amide bonds. The van der Waals surface area contributed by atoms with Crippen LogP contribution < -0.4 is 0 Å². The summed E-state index contributed by atoms with van der Waals surface area (Å²) >= 11 is 0. The lowest BCUT2D eigenvalue weighted by molar-refractivity contribution is -0.122. The normalized spacial score (nSPS) is 41.2. The van der Waals surface area contributed by atoms with Crippen LogP contribution in [0.1, 0.15) is 32.1 Å². The molecule has 15 heavy (non-hydrogen) atoms. The molecular weight excluding hydrogens is 196 g/mol. The molecule has 0 aliphatic carbocycles. The van der Waals surface area contributed by atoms with Crippen LogP contribution in [0.2, 0.25) is 0 Å². The van der Waals surface area contributed by atoms with Crippen molar-refractivity contribution in [1.82, 2.24) is 0 Å². The van der Waals surface area contributed by atoms with Crippen LogP contribution in [-0.4, -0.2) is 47.8 Å². The highest BCUT2D eigenvalue weighted by Crippen LogP contribution is 2.39. The maximum Gasteiger partial charge on any atom is 0.0941 e. The minimum Gasteiger partial charge on any atom is -0.393 e. The van der Waals surface area contributed by atoms with Gasteiger partial charge in [0.25, 0.3) is 0 Å². The first kappa shape index (κ1) is 11.3. The lowest BCUT2D eigenvalue weighted by Gasteiger charge is -2.36. The Balaban J connectivity index is 2.04. The van der Waals surface area contributed by atoms with E-state index in [9.17, 15) is 10.2 Å². The van der Waals surface area contributed by atoms with Crippen molar-refractivity contribution in [2.24, 2.45) is 0 Å². The Morgan fingerprint density at radius 1 is 0.867 bits per heavy atom. The summed E-state index contributed by atoms with van der Waals surface area (Å²) in [6.07, 6.45) is 4.33. The van der Waals surface area contributed by atoms with Crippen LogP contribution in [0.15, 0.2) is 0 Å². The first-order valence-corrected chi connectivity index (χ1v) is 5.74. The third-order valence-corrected chi connectivity index (χ3v) is 3.59. The molecule has 2 N–H and O–H groups in total. The van der Waals surface area contributed by atoms with E-state index < -0.39 is 11.2 Å². The maximum atomic E-state index is 9.42. The van der Waals surface area contributed by atoms with Crippen molar-refractivity contribution in [1.29, 1.82) is 0 Å². The zero-order valence-electron chi connectivity index (χ0n) is 9.07. The van der Waals surface area contributed by atoms with Gasteiger partial charge in [0.1, 0.15) is 0 Å². The second kappa shape index (κ2) is 4.37. The summed E-state index contributed by atoms with van der Waals surface area (Å²) in [6, 6.07) is 0. The highest BCUT2D eigenvalue weighted by molar-refractivity contribution is 4.96. The molecule has 0 aromatic carbocycles. The van der Waals surface area contributed by atoms with E-state index in [0.717, 1.165) is 25.7 Å². The van der Waals surface area contributed by atoms with Gasteiger partial charge in [-0.15, -0.1) is 0 Å². The van der Waals surface area contributed by atoms with Crippen molar-refractivity contribution in [3.63, 3.8) is 0 Å². The fourth-order valence-electron chi connectivity index (χ4n) is 2.74. The Hall–Kier alpha value is -0.160. The first-order chi connectivity index (χ1) is 7.24. The smallest absolute Gasteiger partial charge is 0.0941 e. The molecular formula is C11H20O4. The number of aliphatic hydroxyl groups is 2. The van der Waals surface area contributed by atoms with E-state index >= 15 is 0 Å². The van der Waals surface area contributed by atoms with E-state index in [2.05, 4.69) is 0 Å². The molecule has 0 spiro atoms. The molecule has 0 saturated carbocycles. The lowest BCUT2D eigenvalue weighted by atomic mass is 9.84. The van der Waals surface area contributed by atoms with Gasteiger partial charge in [0, 0.05) is 19.6 Å². The van der Waals surface area contributed by atoms with Crippen molar-refractivity contribution in [3.05, 3.63) is 0 Å². The third-order valence-electron chi connectivity index (χ3n) is 3.59. The molecule has 2 rings (SSSR count). The van der Waals surface area contributed by atoms with Gasteiger partial charge in [0.2, 0.25) is 0 Å². The molecule has 2 atom stereocenters. The molecule has 2 saturated heterocycles. The summed E-state index contributed by atoms with van der Waals surface area (Å²) < 4.78 is 11.3. The Labute approximate surface area is 90.2 Å². The number of aliphatic hydroxyl groups excluding tert-OH is 2. The highest BCUT2D eigenvalue weighted by atomic mass is 16.5. The van der Waals surface area contributed by atoms with Gasteiger partial charge in [-0.3, -0.25) is 0 Å². The third kappa shape index (κ3) is 2.18. The molecule has 88 valence electrons. The van der Waals surface area contributed by atoms with E-state index in [1.54, 1.807) is 0 Å². The number of ether oxygens (including phenoxy) is 2. The van der Waals surface area contributed by atoms with Crippen molar-refractivity contribution >= 4 is 0 Å². The van der Waals surface area contributed by atoms with Gasteiger partial charge in [-0.1, -0.05) is 0 Å². The molecule has 2 fully saturated rings. The fraction of sp³-hybridized carbons (Fsp3) is 1.00. The monoisotopic (exact) mass is 216 g/mol. The van der Waals surface area contributed by atoms with E-state index in [1.807, 2.05) is 0 Å². The predicted molar refractivity (Wildman–Crippen MR) is 54.6 cm³/mol. The summed E-state index contributed by atoms with van der Waals surface area (Å²) in [5.74, 6) is 0. The molecule has 0 aromatic rings. The van der Waals surface area contributed by atoms with Crippen molar-refractivity contribution in [2.45, 2.75) is 43.3 Å². The van der Waals surface area contributed by atoms with Gasteiger partial charge in [-0.05, 0) is 25.7 Å². The van der Waals surface area contributed by atoms with E-state index in [4.69, 9.17) is 9.47 Å². The van der Waals surface area contributed by atoms with Gasteiger partial charge in [0.05, 0.1) is 24.4 Å². The topological polar surface area (TPSA) is 58.9 Å². The Morgan fingerprint density at radius 3 is 1.60 bits per heavy atom. The minimum atomic E-state index is -0.465. The summed E-state index contributed by atoms with van der Waals surface area (Å²) in [5, 5.41) is 18.8. The lowest BCUT2D eigenvalue weighted by Crippen LogP contribution is -2.45. The maximum absolute atomic E-state index is 9.42. The minimum absolute atomic E-state index is 0.0259. The summed E-state index contributed by atoms with van der Waals surface area (Å²) in [6.45, 7) is 1.47. The van der Waals surface area contributed by atoms with Crippen molar-refractivity contribution in [3.8, 4) is 0 Å². The summed E-state index contributed by atoms with van der Waals surface area (Å²) in [7, 11) is 0. The van der Waals surface area contributed by atoms with E-state index in [0.29, 0.717) is 19.6 Å². The first-order valence-electron chi connectivity index (χ1n) is 5.74. The van der Waals surface area contributed by atoms with Crippen LogP contribution in [0.4, 0.5) is 0 Å². The molecule has 4 heteroatoms. The van der Waals surface area contributed by atoms with Crippen molar-refractivity contribution < 1.29 is 19.7 Å². The standard InChI is InChI=1S/C11H20O4/c12-8-10(3-1-5-14-10)7-11(9-13)4-2-6-15-11/h12-13H,1-9H2/t10-,11-/m0/s1. The van der Waals surface area contributed by atoms with Crippen LogP contribution in [-0.2, 0) is 9.47 Å². The van der Waals surface area contributed by atoms with E-state index in [-0.39, 0.29) is 13.2 Å². The molecule has 0 unspecified atom stereocenters. The van der Waals surface area contributed by atoms with Gasteiger partial charge >= 0.3 is 0 Å². The zero-order chi connectivity index (χ0) is 10.8. The van der Waals surface area contributed by atoms with Crippen LogP contribution >= 0.6 is 0 Å². The second-order valence-corrected chi connectivity index (χ2v) is 4.76. The average molecular weight is 216 g/mol. The molecule has 4 nitrogen and oxygen atoms in total. The molecule has 2 aliphatic heterocycles. The number of hydrogen-bond donors (Lipinski definition) is 2. The second-order valence-electron chi connectivity index (χ2n) is 4.76. The van der Waals surface area contributed by atoms with Gasteiger partial charge in [-0.25, -0.2) is 0 Å². The van der Waals surface area contributed by atoms with Crippen molar-refractivity contribution in [2.75, 3.05) is 26.4 Å². The zero-order valence-corrected chi connectivity index (χ0v) is 9.07. The predicted octanol–water partition coefficient (Wildman–Crippen LogP) is 0.460. The molecule has 2 heterocycles. The van der Waals surface area contributed by atoms with Crippen LogP contribution in [0.5, 0.6) is 0 Å². The van der Waals surface area contributed by atoms with Crippen LogP contribution in [0.3, 0.4) is 0 Å². The largest absolute Gasteiger partial charge is 0.393 e. The molecule has 0 aromatic heterocycles. The molecule has 2 aliphatic rings. The highest BCUT2D eigenvalue weighted by Gasteiger charge is 2.45. The van der Waals surface area contributed by atoms with Gasteiger partial charge < -0.3 is 19.7 Å². The Kier molecular flexibility index (Phi) is 3.30. The molecule has 0 radical (unpaired) electrons. The Morgan fingerprint density at radius 2 is 1.33 bits per heavy atom. The summed E-state index contributed by atoms with van der Waals surface area (Å²) in [5.41, 5.74) is -0.930. The van der Waals surface area contributed by atoms with E-state index in [1.165, 1.54) is 0 Å².